The number of nitrogens with one attached hydrogen (secondary N) is 1. The van der Waals surface area contributed by atoms with Gasteiger partial charge in [0.15, 0.2) is 11.6 Å². The lowest BCUT2D eigenvalue weighted by molar-refractivity contribution is -0.139. The summed E-state index contributed by atoms with van der Waals surface area (Å²) in [5, 5.41) is 2.50. The van der Waals surface area contributed by atoms with E-state index < -0.39 is 30.3 Å². The molecule has 0 saturated carbocycles. The normalized spacial score (nSPS) is 13.8. The van der Waals surface area contributed by atoms with Crippen LogP contribution in [0.25, 0.3) is 0 Å². The molecule has 0 bridgehead atoms. The van der Waals surface area contributed by atoms with Crippen LogP contribution in [-0.4, -0.2) is 19.3 Å². The maximum absolute atomic E-state index is 12.9. The predicted octanol–water partition coefficient (Wildman–Crippen LogP) is 3.05. The van der Waals surface area contributed by atoms with Crippen LogP contribution in [0.15, 0.2) is 18.2 Å². The molecule has 6 heteroatoms. The van der Waals surface area contributed by atoms with Gasteiger partial charge in [0, 0.05) is 6.04 Å². The summed E-state index contributed by atoms with van der Waals surface area (Å²) in [7, 11) is 1.40. The van der Waals surface area contributed by atoms with Gasteiger partial charge in [-0.05, 0) is 31.2 Å². The fourth-order valence-electron chi connectivity index (χ4n) is 1.51. The van der Waals surface area contributed by atoms with Gasteiger partial charge in [0.05, 0.1) is 6.42 Å². The van der Waals surface area contributed by atoms with Gasteiger partial charge in [-0.2, -0.15) is 13.2 Å². The van der Waals surface area contributed by atoms with Gasteiger partial charge in [-0.1, -0.05) is 6.07 Å². The molecule has 0 heterocycles. The number of hydrogen-bond donors (Lipinski definition) is 1. The largest absolute Gasteiger partial charge is 0.390 e. The van der Waals surface area contributed by atoms with Crippen LogP contribution in [0.3, 0.4) is 0 Å². The fourth-order valence-corrected chi connectivity index (χ4v) is 1.51. The number of benzene rings is 1. The smallest absolute Gasteiger partial charge is 0.316 e. The Morgan fingerprint density at radius 3 is 2.29 bits per heavy atom. The summed E-state index contributed by atoms with van der Waals surface area (Å²) in [6.45, 7) is 0. The summed E-state index contributed by atoms with van der Waals surface area (Å²) in [5.41, 5.74) is 0.326. The third-order valence-electron chi connectivity index (χ3n) is 2.35. The quantitative estimate of drug-likeness (QED) is 0.813. The van der Waals surface area contributed by atoms with Gasteiger partial charge in [-0.15, -0.1) is 0 Å². The molecule has 0 aliphatic heterocycles. The van der Waals surface area contributed by atoms with Gasteiger partial charge in [-0.25, -0.2) is 8.78 Å². The Bertz CT molecular complexity index is 375. The van der Waals surface area contributed by atoms with Crippen molar-refractivity contribution in [3.05, 3.63) is 35.4 Å². The summed E-state index contributed by atoms with van der Waals surface area (Å²) in [5.74, 6) is -2.06. The van der Waals surface area contributed by atoms with E-state index >= 15 is 0 Å². The van der Waals surface area contributed by atoms with E-state index in [-0.39, 0.29) is 6.42 Å². The van der Waals surface area contributed by atoms with Crippen molar-refractivity contribution in [1.29, 1.82) is 0 Å². The van der Waals surface area contributed by atoms with Crippen molar-refractivity contribution in [1.82, 2.24) is 5.32 Å². The van der Waals surface area contributed by atoms with Gasteiger partial charge in [0.25, 0.3) is 0 Å². The first-order valence-corrected chi connectivity index (χ1v) is 5.00. The molecule has 96 valence electrons. The highest BCUT2D eigenvalue weighted by atomic mass is 19.4. The maximum Gasteiger partial charge on any atom is 0.390 e. The molecule has 0 aliphatic rings. The SMILES string of the molecule is CNC(Cc1ccc(F)c(F)c1)CC(F)(F)F. The standard InChI is InChI=1S/C11H12F5N/c1-17-8(6-11(14,15)16)4-7-2-3-9(12)10(13)5-7/h2-3,5,8,17H,4,6H2,1H3. The van der Waals surface area contributed by atoms with Crippen molar-refractivity contribution in [2.75, 3.05) is 7.05 Å². The Balaban J connectivity index is 2.70. The van der Waals surface area contributed by atoms with Crippen molar-refractivity contribution in [3.8, 4) is 0 Å². The first-order valence-electron chi connectivity index (χ1n) is 5.00. The second-order valence-corrected chi connectivity index (χ2v) is 3.76. The molecule has 0 saturated heterocycles. The summed E-state index contributed by atoms with van der Waals surface area (Å²) in [6, 6.07) is 2.25. The Morgan fingerprint density at radius 1 is 1.18 bits per heavy atom. The third kappa shape index (κ3) is 4.68. The molecule has 0 radical (unpaired) electrons. The topological polar surface area (TPSA) is 12.0 Å². The molecule has 1 nitrogen and oxygen atoms in total. The monoisotopic (exact) mass is 253 g/mol. The number of rotatable bonds is 4. The molecule has 1 unspecified atom stereocenters. The molecule has 1 rings (SSSR count). The van der Waals surface area contributed by atoms with Crippen molar-refractivity contribution < 1.29 is 22.0 Å². The molecular weight excluding hydrogens is 241 g/mol. The van der Waals surface area contributed by atoms with Crippen LogP contribution in [0.5, 0.6) is 0 Å². The van der Waals surface area contributed by atoms with Crippen LogP contribution < -0.4 is 5.32 Å². The van der Waals surface area contributed by atoms with Crippen LogP contribution in [0.1, 0.15) is 12.0 Å². The second kappa shape index (κ2) is 5.44. The Hall–Kier alpha value is -1.17. The Labute approximate surface area is 95.6 Å². The van der Waals surface area contributed by atoms with Gasteiger partial charge < -0.3 is 5.32 Å². The Morgan fingerprint density at radius 2 is 1.82 bits per heavy atom. The molecule has 1 aromatic carbocycles. The lowest BCUT2D eigenvalue weighted by atomic mass is 10.0. The van der Waals surface area contributed by atoms with Crippen LogP contribution in [-0.2, 0) is 6.42 Å². The fraction of sp³-hybridized carbons (Fsp3) is 0.455. The summed E-state index contributed by atoms with van der Waals surface area (Å²) in [4.78, 5) is 0. The molecule has 0 aliphatic carbocycles. The van der Waals surface area contributed by atoms with E-state index in [9.17, 15) is 22.0 Å². The zero-order valence-corrected chi connectivity index (χ0v) is 9.11. The molecule has 1 N–H and O–H groups in total. The highest BCUT2D eigenvalue weighted by molar-refractivity contribution is 5.18. The summed E-state index contributed by atoms with van der Waals surface area (Å²) >= 11 is 0. The van der Waals surface area contributed by atoms with E-state index in [2.05, 4.69) is 5.32 Å². The molecule has 1 aromatic rings. The zero-order valence-electron chi connectivity index (χ0n) is 9.11. The minimum atomic E-state index is -4.29. The van der Waals surface area contributed by atoms with Gasteiger partial charge in [0.1, 0.15) is 0 Å². The van der Waals surface area contributed by atoms with E-state index in [4.69, 9.17) is 0 Å². The lowest BCUT2D eigenvalue weighted by Gasteiger charge is -2.18. The van der Waals surface area contributed by atoms with Crippen LogP contribution in [0.2, 0.25) is 0 Å². The van der Waals surface area contributed by atoms with Crippen molar-refractivity contribution in [2.45, 2.75) is 25.1 Å². The minimum absolute atomic E-state index is 0.00674. The molecule has 0 amide bonds. The van der Waals surface area contributed by atoms with Crippen LogP contribution >= 0.6 is 0 Å². The van der Waals surface area contributed by atoms with Gasteiger partial charge >= 0.3 is 6.18 Å². The molecule has 17 heavy (non-hydrogen) atoms. The first-order chi connectivity index (χ1) is 7.81. The van der Waals surface area contributed by atoms with Crippen molar-refractivity contribution >= 4 is 0 Å². The van der Waals surface area contributed by atoms with E-state index in [0.717, 1.165) is 12.1 Å². The third-order valence-corrected chi connectivity index (χ3v) is 2.35. The first kappa shape index (κ1) is 13.9. The molecular formula is C11H12F5N. The number of hydrogen-bond acceptors (Lipinski definition) is 1. The summed E-state index contributed by atoms with van der Waals surface area (Å²) in [6.07, 6.45) is -5.30. The van der Waals surface area contributed by atoms with E-state index in [1.165, 1.54) is 13.1 Å². The second-order valence-electron chi connectivity index (χ2n) is 3.76. The number of halogens is 5. The number of likely N-dealkylation sites (N-methyl/N-ethyl adjacent to an activating group) is 1. The van der Waals surface area contributed by atoms with E-state index in [1.54, 1.807) is 0 Å². The lowest BCUT2D eigenvalue weighted by Crippen LogP contribution is -2.32. The van der Waals surface area contributed by atoms with Crippen molar-refractivity contribution in [3.63, 3.8) is 0 Å². The molecule has 1 atom stereocenters. The van der Waals surface area contributed by atoms with E-state index in [0.29, 0.717) is 5.56 Å². The van der Waals surface area contributed by atoms with Crippen LogP contribution in [0.4, 0.5) is 22.0 Å². The molecule has 0 aromatic heterocycles. The van der Waals surface area contributed by atoms with Gasteiger partial charge in [-0.3, -0.25) is 0 Å². The molecule has 0 fully saturated rings. The average Bonchev–Trinajstić information content (AvgIpc) is 2.20. The van der Waals surface area contributed by atoms with Crippen molar-refractivity contribution in [2.24, 2.45) is 0 Å². The summed E-state index contributed by atoms with van der Waals surface area (Å²) < 4.78 is 62.0. The highest BCUT2D eigenvalue weighted by Crippen LogP contribution is 2.23. The van der Waals surface area contributed by atoms with Gasteiger partial charge in [0.2, 0.25) is 0 Å². The average molecular weight is 253 g/mol. The predicted molar refractivity (Wildman–Crippen MR) is 53.6 cm³/mol. The van der Waals surface area contributed by atoms with Crippen LogP contribution in [0, 0.1) is 11.6 Å². The number of alkyl halides is 3. The highest BCUT2D eigenvalue weighted by Gasteiger charge is 2.31. The maximum atomic E-state index is 12.9. The van der Waals surface area contributed by atoms with E-state index in [1.807, 2.05) is 0 Å². The minimum Gasteiger partial charge on any atom is -0.316 e. The molecule has 0 spiro atoms. The zero-order chi connectivity index (χ0) is 13.1. The Kier molecular flexibility index (Phi) is 4.45.